The predicted molar refractivity (Wildman–Crippen MR) is 71.5 cm³/mol. The lowest BCUT2D eigenvalue weighted by Crippen LogP contribution is -2.42. The van der Waals surface area contributed by atoms with Gasteiger partial charge in [-0.2, -0.15) is 13.2 Å². The molecule has 1 aliphatic rings. The van der Waals surface area contributed by atoms with Gasteiger partial charge in [-0.3, -0.25) is 9.69 Å². The molecule has 0 radical (unpaired) electrons. The van der Waals surface area contributed by atoms with Gasteiger partial charge in [0.05, 0.1) is 18.8 Å². The summed E-state index contributed by atoms with van der Waals surface area (Å²) in [7, 11) is 0. The molecule has 21 heavy (non-hydrogen) atoms. The summed E-state index contributed by atoms with van der Waals surface area (Å²) in [6.07, 6.45) is -4.42. The summed E-state index contributed by atoms with van der Waals surface area (Å²) >= 11 is 0. The number of benzene rings is 1. The molecule has 0 aromatic heterocycles. The number of carbonyl (C=O) groups is 1. The van der Waals surface area contributed by atoms with Crippen molar-refractivity contribution in [2.24, 2.45) is 0 Å². The Morgan fingerprint density at radius 2 is 1.71 bits per heavy atom. The maximum atomic E-state index is 12.5. The number of carboxylic acid groups (broad SMARTS) is 1. The van der Waals surface area contributed by atoms with Gasteiger partial charge in [0.15, 0.2) is 0 Å². The molecule has 0 bridgehead atoms. The highest BCUT2D eigenvalue weighted by Crippen LogP contribution is 2.31. The Morgan fingerprint density at radius 1 is 1.19 bits per heavy atom. The van der Waals surface area contributed by atoms with E-state index in [2.05, 4.69) is 0 Å². The van der Waals surface area contributed by atoms with Crippen LogP contribution in [-0.4, -0.2) is 42.3 Å². The summed E-state index contributed by atoms with van der Waals surface area (Å²) in [5, 5.41) is 9.30. The zero-order valence-electron chi connectivity index (χ0n) is 11.0. The Hall–Kier alpha value is -1.31. The normalized spacial score (nSPS) is 17.9. The molecule has 1 heterocycles. The van der Waals surface area contributed by atoms with E-state index in [-0.39, 0.29) is 12.4 Å². The highest BCUT2D eigenvalue weighted by atomic mass is 35.5. The molecule has 0 spiro atoms. The van der Waals surface area contributed by atoms with E-state index in [1.54, 1.807) is 4.90 Å². The minimum absolute atomic E-state index is 0. The molecule has 118 valence electrons. The van der Waals surface area contributed by atoms with E-state index in [9.17, 15) is 23.1 Å². The van der Waals surface area contributed by atoms with Crippen LogP contribution in [0.1, 0.15) is 17.2 Å². The second kappa shape index (κ2) is 7.11. The van der Waals surface area contributed by atoms with Crippen molar-refractivity contribution in [3.05, 3.63) is 35.4 Å². The minimum atomic E-state index is -4.42. The third kappa shape index (κ3) is 4.33. The number of ether oxygens (including phenoxy) is 1. The fourth-order valence-electron chi connectivity index (χ4n) is 2.20. The monoisotopic (exact) mass is 325 g/mol. The van der Waals surface area contributed by atoms with Crippen LogP contribution in [0.25, 0.3) is 0 Å². The lowest BCUT2D eigenvalue weighted by molar-refractivity contribution is -0.145. The number of alkyl halides is 3. The second-order valence-corrected chi connectivity index (χ2v) is 4.51. The highest BCUT2D eigenvalue weighted by Gasteiger charge is 2.32. The largest absolute Gasteiger partial charge is 0.480 e. The summed E-state index contributed by atoms with van der Waals surface area (Å²) in [6, 6.07) is 3.31. The summed E-state index contributed by atoms with van der Waals surface area (Å²) < 4.78 is 42.6. The van der Waals surface area contributed by atoms with Crippen LogP contribution in [0.5, 0.6) is 0 Å². The van der Waals surface area contributed by atoms with Crippen molar-refractivity contribution in [3.63, 3.8) is 0 Å². The molecule has 1 aromatic rings. The lowest BCUT2D eigenvalue weighted by atomic mass is 10.0. The number of hydrogen-bond acceptors (Lipinski definition) is 3. The molecule has 1 fully saturated rings. The molecule has 0 saturated carbocycles. The van der Waals surface area contributed by atoms with Gasteiger partial charge in [0.2, 0.25) is 0 Å². The number of rotatable bonds is 3. The highest BCUT2D eigenvalue weighted by molar-refractivity contribution is 5.85. The molecule has 1 aliphatic heterocycles. The first-order valence-corrected chi connectivity index (χ1v) is 6.11. The first-order valence-electron chi connectivity index (χ1n) is 6.11. The van der Waals surface area contributed by atoms with Gasteiger partial charge in [0, 0.05) is 13.1 Å². The zero-order chi connectivity index (χ0) is 14.8. The number of aliphatic carboxylic acids is 1. The number of hydrogen-bond donors (Lipinski definition) is 1. The van der Waals surface area contributed by atoms with E-state index < -0.39 is 23.8 Å². The van der Waals surface area contributed by atoms with Crippen LogP contribution in [0.15, 0.2) is 24.3 Å². The molecule has 8 heteroatoms. The third-order valence-electron chi connectivity index (χ3n) is 3.20. The number of carboxylic acids is 1. The Kier molecular flexibility index (Phi) is 6.00. The Morgan fingerprint density at radius 3 is 2.14 bits per heavy atom. The van der Waals surface area contributed by atoms with Gasteiger partial charge in [-0.15, -0.1) is 12.4 Å². The average Bonchev–Trinajstić information content (AvgIpc) is 2.39. The molecular weight excluding hydrogens is 311 g/mol. The first-order chi connectivity index (χ1) is 9.39. The predicted octanol–water partition coefficient (Wildman–Crippen LogP) is 2.59. The van der Waals surface area contributed by atoms with Crippen LogP contribution in [0.4, 0.5) is 13.2 Å². The van der Waals surface area contributed by atoms with Gasteiger partial charge in [-0.1, -0.05) is 12.1 Å². The molecule has 1 unspecified atom stereocenters. The van der Waals surface area contributed by atoms with Crippen LogP contribution in [-0.2, 0) is 15.7 Å². The Balaban J connectivity index is 0.00000220. The van der Waals surface area contributed by atoms with Crippen molar-refractivity contribution in [3.8, 4) is 0 Å². The molecule has 0 aliphatic carbocycles. The van der Waals surface area contributed by atoms with Crippen LogP contribution in [0.3, 0.4) is 0 Å². The van der Waals surface area contributed by atoms with Gasteiger partial charge < -0.3 is 9.84 Å². The SMILES string of the molecule is Cl.O=C(O)C(c1ccc(C(F)(F)F)cc1)N1CCOCC1. The molecule has 2 rings (SSSR count). The average molecular weight is 326 g/mol. The summed E-state index contributed by atoms with van der Waals surface area (Å²) in [4.78, 5) is 13.1. The molecule has 4 nitrogen and oxygen atoms in total. The molecule has 1 saturated heterocycles. The topological polar surface area (TPSA) is 49.8 Å². The van der Waals surface area contributed by atoms with E-state index in [1.165, 1.54) is 12.1 Å². The van der Waals surface area contributed by atoms with Gasteiger partial charge in [0.25, 0.3) is 0 Å². The fourth-order valence-corrected chi connectivity index (χ4v) is 2.20. The summed E-state index contributed by atoms with van der Waals surface area (Å²) in [5.41, 5.74) is -0.445. The van der Waals surface area contributed by atoms with Crippen LogP contribution < -0.4 is 0 Å². The van der Waals surface area contributed by atoms with E-state index >= 15 is 0 Å². The van der Waals surface area contributed by atoms with Crippen molar-refractivity contribution in [1.82, 2.24) is 4.90 Å². The molecule has 0 amide bonds. The number of nitrogens with zero attached hydrogens (tertiary/aromatic N) is 1. The maximum Gasteiger partial charge on any atom is 0.416 e. The minimum Gasteiger partial charge on any atom is -0.480 e. The quantitative estimate of drug-likeness (QED) is 0.928. The molecule has 1 atom stereocenters. The van der Waals surface area contributed by atoms with Crippen molar-refractivity contribution >= 4 is 18.4 Å². The Labute approximate surface area is 125 Å². The maximum absolute atomic E-state index is 12.5. The fraction of sp³-hybridized carbons (Fsp3) is 0.462. The van der Waals surface area contributed by atoms with E-state index in [0.717, 1.165) is 12.1 Å². The van der Waals surface area contributed by atoms with Crippen molar-refractivity contribution < 1.29 is 27.8 Å². The lowest BCUT2D eigenvalue weighted by Gasteiger charge is -2.32. The molecular formula is C13H15ClF3NO3. The first kappa shape index (κ1) is 17.7. The van der Waals surface area contributed by atoms with E-state index in [0.29, 0.717) is 31.9 Å². The number of morpholine rings is 1. The smallest absolute Gasteiger partial charge is 0.416 e. The third-order valence-corrected chi connectivity index (χ3v) is 3.20. The van der Waals surface area contributed by atoms with Crippen LogP contribution in [0.2, 0.25) is 0 Å². The van der Waals surface area contributed by atoms with Gasteiger partial charge in [-0.05, 0) is 17.7 Å². The van der Waals surface area contributed by atoms with Gasteiger partial charge in [-0.25, -0.2) is 0 Å². The van der Waals surface area contributed by atoms with Crippen LogP contribution in [0, 0.1) is 0 Å². The van der Waals surface area contributed by atoms with Gasteiger partial charge >= 0.3 is 12.1 Å². The van der Waals surface area contributed by atoms with Crippen molar-refractivity contribution in [2.45, 2.75) is 12.2 Å². The van der Waals surface area contributed by atoms with Crippen molar-refractivity contribution in [2.75, 3.05) is 26.3 Å². The molecule has 1 aromatic carbocycles. The molecule has 1 N–H and O–H groups in total. The van der Waals surface area contributed by atoms with E-state index in [4.69, 9.17) is 4.74 Å². The van der Waals surface area contributed by atoms with Crippen molar-refractivity contribution in [1.29, 1.82) is 0 Å². The Bertz CT molecular complexity index is 473. The summed E-state index contributed by atoms with van der Waals surface area (Å²) in [5.74, 6) is -1.08. The standard InChI is InChI=1S/C13H14F3NO3.ClH/c14-13(15,16)10-3-1-9(2-4-10)11(12(18)19)17-5-7-20-8-6-17;/h1-4,11H,5-8H2,(H,18,19);1H. The zero-order valence-corrected chi connectivity index (χ0v) is 11.8. The second-order valence-electron chi connectivity index (χ2n) is 4.51. The van der Waals surface area contributed by atoms with Crippen LogP contribution >= 0.6 is 12.4 Å². The van der Waals surface area contributed by atoms with E-state index in [1.807, 2.05) is 0 Å². The summed E-state index contributed by atoms with van der Waals surface area (Å²) in [6.45, 7) is 1.73. The van der Waals surface area contributed by atoms with Gasteiger partial charge in [0.1, 0.15) is 6.04 Å². The number of halogens is 4.